The lowest BCUT2D eigenvalue weighted by atomic mass is 10.2. The number of amides is 3. The number of carbonyl (C=O) groups excluding carboxylic acids is 2. The summed E-state index contributed by atoms with van der Waals surface area (Å²) in [6.07, 6.45) is 1.54. The number of nitrogens with one attached hydrogen (secondary N) is 1. The number of methoxy groups -OCH3 is 1. The van der Waals surface area contributed by atoms with Gasteiger partial charge in [-0.1, -0.05) is 12.1 Å². The van der Waals surface area contributed by atoms with Crippen LogP contribution in [0.4, 0.5) is 9.18 Å². The third-order valence-corrected chi connectivity index (χ3v) is 4.07. The molecular formula is C20H26FN3O4. The molecular weight excluding hydrogens is 365 g/mol. The first-order chi connectivity index (χ1) is 13.5. The Bertz CT molecular complexity index is 734. The molecule has 0 atom stereocenters. The molecule has 28 heavy (non-hydrogen) atoms. The number of benzene rings is 1. The van der Waals surface area contributed by atoms with Gasteiger partial charge in [0.1, 0.15) is 18.1 Å². The SMILES string of the molecule is CCNC(=O)N(CCOC)CC(=O)N(Cc1ccc(F)cc1)Cc1ccco1. The van der Waals surface area contributed by atoms with Gasteiger partial charge in [0.25, 0.3) is 0 Å². The zero-order valence-electron chi connectivity index (χ0n) is 16.2. The Hall–Kier alpha value is -2.87. The maximum absolute atomic E-state index is 13.2. The molecule has 8 heteroatoms. The molecule has 7 nitrogen and oxygen atoms in total. The number of urea groups is 1. The Kier molecular flexibility index (Phi) is 8.48. The summed E-state index contributed by atoms with van der Waals surface area (Å²) in [6.45, 7) is 3.30. The van der Waals surface area contributed by atoms with Crippen LogP contribution in [0.2, 0.25) is 0 Å². The van der Waals surface area contributed by atoms with Gasteiger partial charge in [0.2, 0.25) is 5.91 Å². The Morgan fingerprint density at radius 3 is 2.50 bits per heavy atom. The van der Waals surface area contributed by atoms with Crippen LogP contribution in [0.25, 0.3) is 0 Å². The lowest BCUT2D eigenvalue weighted by Crippen LogP contribution is -2.47. The number of halogens is 1. The summed E-state index contributed by atoms with van der Waals surface area (Å²) < 4.78 is 23.6. The smallest absolute Gasteiger partial charge is 0.317 e. The van der Waals surface area contributed by atoms with Gasteiger partial charge in [-0.3, -0.25) is 4.79 Å². The van der Waals surface area contributed by atoms with Crippen LogP contribution in [0.1, 0.15) is 18.2 Å². The van der Waals surface area contributed by atoms with Gasteiger partial charge in [0.15, 0.2) is 0 Å². The molecule has 0 fully saturated rings. The van der Waals surface area contributed by atoms with E-state index in [4.69, 9.17) is 9.15 Å². The number of hydrogen-bond donors (Lipinski definition) is 1. The maximum Gasteiger partial charge on any atom is 0.317 e. The topological polar surface area (TPSA) is 75.0 Å². The predicted molar refractivity (Wildman–Crippen MR) is 102 cm³/mol. The van der Waals surface area contributed by atoms with E-state index in [9.17, 15) is 14.0 Å². The van der Waals surface area contributed by atoms with E-state index < -0.39 is 0 Å². The number of carbonyl (C=O) groups is 2. The van der Waals surface area contributed by atoms with Crippen LogP contribution in [0.3, 0.4) is 0 Å². The minimum absolute atomic E-state index is 0.100. The van der Waals surface area contributed by atoms with Crippen molar-refractivity contribution in [2.75, 3.05) is 33.4 Å². The van der Waals surface area contributed by atoms with Gasteiger partial charge in [-0.2, -0.15) is 0 Å². The fourth-order valence-corrected chi connectivity index (χ4v) is 2.61. The minimum Gasteiger partial charge on any atom is -0.467 e. The lowest BCUT2D eigenvalue weighted by Gasteiger charge is -2.27. The number of nitrogens with zero attached hydrogens (tertiary/aromatic N) is 2. The molecule has 1 aromatic heterocycles. The van der Waals surface area contributed by atoms with Crippen LogP contribution in [0.5, 0.6) is 0 Å². The molecule has 1 aromatic carbocycles. The summed E-state index contributed by atoms with van der Waals surface area (Å²) in [5.41, 5.74) is 0.780. The molecule has 1 N–H and O–H groups in total. The van der Waals surface area contributed by atoms with Crippen molar-refractivity contribution in [2.45, 2.75) is 20.0 Å². The normalized spacial score (nSPS) is 10.5. The van der Waals surface area contributed by atoms with Crippen LogP contribution < -0.4 is 5.32 Å². The van der Waals surface area contributed by atoms with E-state index in [0.717, 1.165) is 5.56 Å². The molecule has 0 saturated heterocycles. The van der Waals surface area contributed by atoms with Crippen LogP contribution >= 0.6 is 0 Å². The van der Waals surface area contributed by atoms with Crippen molar-refractivity contribution >= 4 is 11.9 Å². The molecule has 2 aromatic rings. The zero-order valence-corrected chi connectivity index (χ0v) is 16.2. The van der Waals surface area contributed by atoms with Gasteiger partial charge < -0.3 is 24.3 Å². The van der Waals surface area contributed by atoms with Crippen LogP contribution in [0.15, 0.2) is 47.1 Å². The molecule has 3 amide bonds. The van der Waals surface area contributed by atoms with Gasteiger partial charge in [-0.05, 0) is 36.8 Å². The average Bonchev–Trinajstić information content (AvgIpc) is 3.19. The number of hydrogen-bond acceptors (Lipinski definition) is 4. The first-order valence-electron chi connectivity index (χ1n) is 9.09. The van der Waals surface area contributed by atoms with Gasteiger partial charge in [0, 0.05) is 26.7 Å². The van der Waals surface area contributed by atoms with Crippen molar-refractivity contribution in [1.29, 1.82) is 0 Å². The van der Waals surface area contributed by atoms with E-state index in [1.165, 1.54) is 30.4 Å². The Labute approximate surface area is 164 Å². The van der Waals surface area contributed by atoms with Crippen molar-refractivity contribution in [3.8, 4) is 0 Å². The highest BCUT2D eigenvalue weighted by Crippen LogP contribution is 2.12. The van der Waals surface area contributed by atoms with Crippen LogP contribution in [-0.2, 0) is 22.6 Å². The zero-order chi connectivity index (χ0) is 20.4. The van der Waals surface area contributed by atoms with E-state index in [1.54, 1.807) is 29.2 Å². The standard InChI is InChI=1S/C20H26FN3O4/c1-3-22-20(26)23(10-12-27-2)15-19(25)24(14-18-5-4-11-28-18)13-16-6-8-17(21)9-7-16/h4-9,11H,3,10,12-15H2,1-2H3,(H,22,26). The maximum atomic E-state index is 13.2. The highest BCUT2D eigenvalue weighted by atomic mass is 19.1. The Morgan fingerprint density at radius 2 is 1.89 bits per heavy atom. The lowest BCUT2D eigenvalue weighted by molar-refractivity contribution is -0.133. The van der Waals surface area contributed by atoms with Crippen molar-refractivity contribution < 1.29 is 23.1 Å². The molecule has 0 radical (unpaired) electrons. The van der Waals surface area contributed by atoms with Crippen molar-refractivity contribution in [3.63, 3.8) is 0 Å². The molecule has 0 bridgehead atoms. The van der Waals surface area contributed by atoms with Gasteiger partial charge in [0.05, 0.1) is 19.4 Å². The van der Waals surface area contributed by atoms with E-state index in [-0.39, 0.29) is 37.4 Å². The highest BCUT2D eigenvalue weighted by Gasteiger charge is 2.22. The third-order valence-electron chi connectivity index (χ3n) is 4.07. The molecule has 0 unspecified atom stereocenters. The molecule has 0 aliphatic carbocycles. The Balaban J connectivity index is 2.13. The molecule has 0 aliphatic rings. The number of furan rings is 1. The largest absolute Gasteiger partial charge is 0.467 e. The molecule has 2 rings (SSSR count). The van der Waals surface area contributed by atoms with Gasteiger partial charge >= 0.3 is 6.03 Å². The fourth-order valence-electron chi connectivity index (χ4n) is 2.61. The van der Waals surface area contributed by atoms with Crippen molar-refractivity contribution in [1.82, 2.24) is 15.1 Å². The molecule has 0 spiro atoms. The quantitative estimate of drug-likeness (QED) is 0.676. The average molecular weight is 391 g/mol. The third kappa shape index (κ3) is 6.70. The molecule has 0 aliphatic heterocycles. The minimum atomic E-state index is -0.338. The number of ether oxygens (including phenoxy) is 1. The van der Waals surface area contributed by atoms with Crippen LogP contribution in [-0.4, -0.2) is 55.1 Å². The second-order valence-electron chi connectivity index (χ2n) is 6.21. The van der Waals surface area contributed by atoms with Crippen molar-refractivity contribution in [3.05, 3.63) is 59.8 Å². The second-order valence-corrected chi connectivity index (χ2v) is 6.21. The summed E-state index contributed by atoms with van der Waals surface area (Å²) in [6, 6.07) is 9.16. The van der Waals surface area contributed by atoms with Gasteiger partial charge in [-0.15, -0.1) is 0 Å². The van der Waals surface area contributed by atoms with E-state index in [2.05, 4.69) is 5.32 Å². The summed E-state index contributed by atoms with van der Waals surface area (Å²) in [7, 11) is 1.54. The Morgan fingerprint density at radius 1 is 1.14 bits per heavy atom. The van der Waals surface area contributed by atoms with E-state index >= 15 is 0 Å². The fraction of sp³-hybridized carbons (Fsp3) is 0.400. The monoisotopic (exact) mass is 391 g/mol. The first-order valence-corrected chi connectivity index (χ1v) is 9.09. The molecule has 152 valence electrons. The summed E-state index contributed by atoms with van der Waals surface area (Å²) in [5, 5.41) is 2.70. The van der Waals surface area contributed by atoms with E-state index in [1.807, 2.05) is 6.92 Å². The predicted octanol–water partition coefficient (Wildman–Crippen LogP) is 2.63. The van der Waals surface area contributed by atoms with E-state index in [0.29, 0.717) is 25.5 Å². The van der Waals surface area contributed by atoms with Crippen LogP contribution in [0, 0.1) is 5.82 Å². The second kappa shape index (κ2) is 11.1. The number of rotatable bonds is 10. The first kappa shape index (κ1) is 21.4. The molecule has 1 heterocycles. The summed E-state index contributed by atoms with van der Waals surface area (Å²) in [4.78, 5) is 28.2. The highest BCUT2D eigenvalue weighted by molar-refractivity contribution is 5.84. The van der Waals surface area contributed by atoms with Crippen molar-refractivity contribution in [2.24, 2.45) is 0 Å². The molecule has 0 saturated carbocycles. The summed E-state index contributed by atoms with van der Waals surface area (Å²) in [5.74, 6) is 0.0367. The van der Waals surface area contributed by atoms with Gasteiger partial charge in [-0.25, -0.2) is 9.18 Å². The summed E-state index contributed by atoms with van der Waals surface area (Å²) >= 11 is 0.